The number of hydrogen-bond acceptors (Lipinski definition) is 1. The van der Waals surface area contributed by atoms with E-state index in [-0.39, 0.29) is 23.5 Å². The van der Waals surface area contributed by atoms with Crippen LogP contribution in [0.2, 0.25) is 0 Å². The number of alkyl halides is 1. The Hall–Kier alpha value is -0.360. The van der Waals surface area contributed by atoms with Crippen LogP contribution in [-0.2, 0) is 4.79 Å². The fourth-order valence-corrected chi connectivity index (χ4v) is 1.67. The zero-order valence-corrected chi connectivity index (χ0v) is 11.0. The number of anilines is 1. The number of carbonyl (C=O) groups is 1. The highest BCUT2D eigenvalue weighted by atomic mass is 127. The van der Waals surface area contributed by atoms with E-state index in [9.17, 15) is 9.18 Å². The second-order valence-corrected chi connectivity index (χ2v) is 4.64. The maximum Gasteiger partial charge on any atom is 0.228 e. The van der Waals surface area contributed by atoms with Crippen LogP contribution in [0, 0.1) is 15.3 Å². The van der Waals surface area contributed by atoms with Gasteiger partial charge < -0.3 is 5.32 Å². The van der Waals surface area contributed by atoms with Crippen LogP contribution in [0.5, 0.6) is 0 Å². The lowest BCUT2D eigenvalue weighted by Gasteiger charge is -2.10. The summed E-state index contributed by atoms with van der Waals surface area (Å²) in [6.45, 7) is 1.73. The summed E-state index contributed by atoms with van der Waals surface area (Å²) in [4.78, 5) is 11.5. The molecular formula is C10H10ClFINO. The Morgan fingerprint density at radius 3 is 2.87 bits per heavy atom. The largest absolute Gasteiger partial charge is 0.325 e. The van der Waals surface area contributed by atoms with Gasteiger partial charge in [0.1, 0.15) is 5.82 Å². The van der Waals surface area contributed by atoms with E-state index in [1.807, 2.05) is 22.6 Å². The summed E-state index contributed by atoms with van der Waals surface area (Å²) in [5.74, 6) is -0.464. The lowest BCUT2D eigenvalue weighted by molar-refractivity contribution is -0.118. The van der Waals surface area contributed by atoms with Crippen LogP contribution in [0.3, 0.4) is 0 Å². The Morgan fingerprint density at radius 1 is 1.67 bits per heavy atom. The lowest BCUT2D eigenvalue weighted by atomic mass is 10.2. The number of hydrogen-bond donors (Lipinski definition) is 1. The maximum atomic E-state index is 12.8. The van der Waals surface area contributed by atoms with E-state index in [0.717, 1.165) is 0 Å². The molecule has 1 aromatic carbocycles. The monoisotopic (exact) mass is 341 g/mol. The number of benzene rings is 1. The summed E-state index contributed by atoms with van der Waals surface area (Å²) >= 11 is 7.52. The van der Waals surface area contributed by atoms with Crippen molar-refractivity contribution in [3.63, 3.8) is 0 Å². The van der Waals surface area contributed by atoms with Crippen LogP contribution < -0.4 is 5.32 Å². The van der Waals surface area contributed by atoms with Crippen molar-refractivity contribution in [2.24, 2.45) is 5.92 Å². The Balaban J connectivity index is 2.77. The Bertz CT molecular complexity index is 372. The third-order valence-electron chi connectivity index (χ3n) is 1.87. The van der Waals surface area contributed by atoms with Crippen LogP contribution in [-0.4, -0.2) is 11.8 Å². The van der Waals surface area contributed by atoms with Gasteiger partial charge >= 0.3 is 0 Å². The molecule has 0 aliphatic carbocycles. The normalized spacial score (nSPS) is 12.3. The molecule has 1 rings (SSSR count). The average molecular weight is 342 g/mol. The standard InChI is InChI=1S/C10H10ClFINO/c1-6(5-11)10(15)14-9-3-2-7(12)4-8(9)13/h2-4,6H,5H2,1H3,(H,14,15). The first kappa shape index (κ1) is 12.7. The van der Waals surface area contributed by atoms with Gasteiger partial charge in [0.05, 0.1) is 5.69 Å². The first-order chi connectivity index (χ1) is 7.04. The molecule has 0 fully saturated rings. The van der Waals surface area contributed by atoms with Crippen molar-refractivity contribution in [1.29, 1.82) is 0 Å². The summed E-state index contributed by atoms with van der Waals surface area (Å²) in [7, 11) is 0. The van der Waals surface area contributed by atoms with Crippen molar-refractivity contribution in [3.05, 3.63) is 27.6 Å². The molecule has 1 amide bonds. The van der Waals surface area contributed by atoms with Gasteiger partial charge in [0.15, 0.2) is 0 Å². The topological polar surface area (TPSA) is 29.1 Å². The molecule has 5 heteroatoms. The van der Waals surface area contributed by atoms with E-state index in [0.29, 0.717) is 9.26 Å². The predicted octanol–water partition coefficient (Wildman–Crippen LogP) is 3.24. The first-order valence-electron chi connectivity index (χ1n) is 4.36. The minimum absolute atomic E-state index is 0.158. The fraction of sp³-hybridized carbons (Fsp3) is 0.300. The van der Waals surface area contributed by atoms with Crippen LogP contribution in [0.15, 0.2) is 18.2 Å². The van der Waals surface area contributed by atoms with Gasteiger partial charge in [-0.25, -0.2) is 4.39 Å². The quantitative estimate of drug-likeness (QED) is 0.664. The summed E-state index contributed by atoms with van der Waals surface area (Å²) in [6, 6.07) is 4.21. The molecule has 82 valence electrons. The van der Waals surface area contributed by atoms with E-state index < -0.39 is 0 Å². The van der Waals surface area contributed by atoms with E-state index in [4.69, 9.17) is 11.6 Å². The Labute approximate surface area is 106 Å². The second-order valence-electron chi connectivity index (χ2n) is 3.17. The molecular weight excluding hydrogens is 331 g/mol. The highest BCUT2D eigenvalue weighted by Gasteiger charge is 2.12. The summed E-state index contributed by atoms with van der Waals surface area (Å²) in [5.41, 5.74) is 0.610. The molecule has 0 radical (unpaired) electrons. The van der Waals surface area contributed by atoms with Gasteiger partial charge in [-0.15, -0.1) is 11.6 Å². The number of nitrogens with one attached hydrogen (secondary N) is 1. The first-order valence-corrected chi connectivity index (χ1v) is 5.97. The molecule has 0 heterocycles. The van der Waals surface area contributed by atoms with Gasteiger partial charge in [-0.3, -0.25) is 4.79 Å². The SMILES string of the molecule is CC(CCl)C(=O)Nc1ccc(F)cc1I. The molecule has 1 N–H and O–H groups in total. The molecule has 1 unspecified atom stereocenters. The summed E-state index contributed by atoms with van der Waals surface area (Å²) < 4.78 is 13.4. The van der Waals surface area contributed by atoms with Crippen molar-refractivity contribution < 1.29 is 9.18 Å². The third-order valence-corrected chi connectivity index (χ3v) is 3.22. The summed E-state index contributed by atoms with van der Waals surface area (Å²) in [6.07, 6.45) is 0. The zero-order valence-electron chi connectivity index (χ0n) is 8.06. The molecule has 0 bridgehead atoms. The molecule has 2 nitrogen and oxygen atoms in total. The van der Waals surface area contributed by atoms with Gasteiger partial charge in [-0.2, -0.15) is 0 Å². The van der Waals surface area contributed by atoms with Crippen LogP contribution in [0.25, 0.3) is 0 Å². The van der Waals surface area contributed by atoms with Gasteiger partial charge in [-0.1, -0.05) is 6.92 Å². The van der Waals surface area contributed by atoms with Crippen LogP contribution >= 0.6 is 34.2 Å². The number of amides is 1. The minimum Gasteiger partial charge on any atom is -0.325 e. The lowest BCUT2D eigenvalue weighted by Crippen LogP contribution is -2.21. The van der Waals surface area contributed by atoms with Gasteiger partial charge in [0.2, 0.25) is 5.91 Å². The molecule has 0 saturated carbocycles. The smallest absolute Gasteiger partial charge is 0.228 e. The Morgan fingerprint density at radius 2 is 2.33 bits per heavy atom. The molecule has 1 atom stereocenters. The number of halogens is 3. The van der Waals surface area contributed by atoms with E-state index in [1.165, 1.54) is 18.2 Å². The second kappa shape index (κ2) is 5.65. The van der Waals surface area contributed by atoms with Crippen LogP contribution in [0.4, 0.5) is 10.1 Å². The molecule has 0 aromatic heterocycles. The van der Waals surface area contributed by atoms with Crippen molar-refractivity contribution in [2.75, 3.05) is 11.2 Å². The number of carbonyl (C=O) groups excluding carboxylic acids is 1. The average Bonchev–Trinajstić information content (AvgIpc) is 2.20. The molecule has 0 aliphatic heterocycles. The number of rotatable bonds is 3. The van der Waals surface area contributed by atoms with Crippen molar-refractivity contribution in [3.8, 4) is 0 Å². The maximum absolute atomic E-state index is 12.8. The van der Waals surface area contributed by atoms with Gasteiger partial charge in [0, 0.05) is 15.4 Å². The van der Waals surface area contributed by atoms with Gasteiger partial charge in [-0.05, 0) is 40.8 Å². The molecule has 0 spiro atoms. The van der Waals surface area contributed by atoms with E-state index >= 15 is 0 Å². The molecule has 15 heavy (non-hydrogen) atoms. The van der Waals surface area contributed by atoms with E-state index in [2.05, 4.69) is 5.32 Å². The van der Waals surface area contributed by atoms with Crippen molar-refractivity contribution in [2.45, 2.75) is 6.92 Å². The molecule has 1 aromatic rings. The zero-order chi connectivity index (χ0) is 11.4. The molecule has 0 saturated heterocycles. The minimum atomic E-state index is -0.317. The molecule has 0 aliphatic rings. The highest BCUT2D eigenvalue weighted by Crippen LogP contribution is 2.19. The van der Waals surface area contributed by atoms with Gasteiger partial charge in [0.25, 0.3) is 0 Å². The van der Waals surface area contributed by atoms with E-state index in [1.54, 1.807) is 6.92 Å². The highest BCUT2D eigenvalue weighted by molar-refractivity contribution is 14.1. The van der Waals surface area contributed by atoms with Crippen molar-refractivity contribution in [1.82, 2.24) is 0 Å². The van der Waals surface area contributed by atoms with Crippen LogP contribution in [0.1, 0.15) is 6.92 Å². The third kappa shape index (κ3) is 3.61. The van der Waals surface area contributed by atoms with Crippen molar-refractivity contribution >= 4 is 45.8 Å². The fourth-order valence-electron chi connectivity index (χ4n) is 0.917. The summed E-state index contributed by atoms with van der Waals surface area (Å²) in [5, 5.41) is 2.69. The Kier molecular flexibility index (Phi) is 4.79. The predicted molar refractivity (Wildman–Crippen MR) is 67.6 cm³/mol.